The van der Waals surface area contributed by atoms with Crippen molar-refractivity contribution in [1.29, 1.82) is 0 Å². The van der Waals surface area contributed by atoms with Gasteiger partial charge in [-0.05, 0) is 33.6 Å². The Kier molecular flexibility index (Phi) is 3.23. The Morgan fingerprint density at radius 3 is 2.71 bits per heavy atom. The Morgan fingerprint density at radius 1 is 1.29 bits per heavy atom. The minimum absolute atomic E-state index is 0.208. The van der Waals surface area contributed by atoms with E-state index in [0.29, 0.717) is 10.0 Å². The van der Waals surface area contributed by atoms with Crippen molar-refractivity contribution in [3.05, 3.63) is 67.2 Å². The molecule has 0 aliphatic rings. The summed E-state index contributed by atoms with van der Waals surface area (Å²) in [6.45, 7) is 0.208. The van der Waals surface area contributed by atoms with Crippen molar-refractivity contribution < 1.29 is 4.39 Å². The summed E-state index contributed by atoms with van der Waals surface area (Å²) in [5, 5.41) is 0. The summed E-state index contributed by atoms with van der Waals surface area (Å²) < 4.78 is 14.9. The molecule has 6 heteroatoms. The Labute approximate surface area is 104 Å². The van der Waals surface area contributed by atoms with Crippen LogP contribution < -0.4 is 11.2 Å². The van der Waals surface area contributed by atoms with Crippen molar-refractivity contribution in [2.24, 2.45) is 0 Å². The van der Waals surface area contributed by atoms with Gasteiger partial charge in [-0.2, -0.15) is 0 Å². The molecule has 1 aromatic carbocycles. The summed E-state index contributed by atoms with van der Waals surface area (Å²) in [6.07, 6.45) is 1.38. The summed E-state index contributed by atoms with van der Waals surface area (Å²) in [5.41, 5.74) is -0.325. The van der Waals surface area contributed by atoms with Gasteiger partial charge in [0.25, 0.3) is 5.56 Å². The Morgan fingerprint density at radius 2 is 2.06 bits per heavy atom. The Bertz CT molecular complexity index is 663. The van der Waals surface area contributed by atoms with Gasteiger partial charge in [0.15, 0.2) is 0 Å². The minimum atomic E-state index is -0.513. The van der Waals surface area contributed by atoms with Crippen LogP contribution in [0.1, 0.15) is 5.56 Å². The van der Waals surface area contributed by atoms with Crippen molar-refractivity contribution in [3.8, 4) is 0 Å². The highest BCUT2D eigenvalue weighted by Crippen LogP contribution is 2.16. The third-order valence-corrected chi connectivity index (χ3v) is 2.88. The standard InChI is InChI=1S/C11H8BrFN2O2/c12-8-2-1-7(5-9(8)13)6-15-4-3-10(16)14-11(15)17/h1-5H,6H2,(H,14,16,17). The van der Waals surface area contributed by atoms with Crippen LogP contribution in [0.2, 0.25) is 0 Å². The molecule has 0 saturated heterocycles. The van der Waals surface area contributed by atoms with Crippen LogP contribution >= 0.6 is 15.9 Å². The van der Waals surface area contributed by atoms with Gasteiger partial charge >= 0.3 is 5.69 Å². The first kappa shape index (κ1) is 11.8. The molecule has 2 rings (SSSR count). The maximum atomic E-state index is 13.3. The molecule has 0 atom stereocenters. The van der Waals surface area contributed by atoms with Gasteiger partial charge in [-0.25, -0.2) is 9.18 Å². The lowest BCUT2D eigenvalue weighted by Crippen LogP contribution is -2.28. The molecule has 0 unspecified atom stereocenters. The van der Waals surface area contributed by atoms with E-state index in [2.05, 4.69) is 20.9 Å². The van der Waals surface area contributed by atoms with Crippen LogP contribution in [0, 0.1) is 5.82 Å². The number of benzene rings is 1. The number of hydrogen-bond acceptors (Lipinski definition) is 2. The van der Waals surface area contributed by atoms with Crippen LogP contribution in [0.25, 0.3) is 0 Å². The quantitative estimate of drug-likeness (QED) is 0.913. The summed E-state index contributed by atoms with van der Waals surface area (Å²) >= 11 is 3.05. The lowest BCUT2D eigenvalue weighted by atomic mass is 10.2. The number of rotatable bonds is 2. The average Bonchev–Trinajstić information content (AvgIpc) is 2.27. The molecule has 88 valence electrons. The third-order valence-electron chi connectivity index (χ3n) is 2.23. The molecule has 4 nitrogen and oxygen atoms in total. The maximum absolute atomic E-state index is 13.3. The molecule has 1 heterocycles. The van der Waals surface area contributed by atoms with Gasteiger partial charge in [0.2, 0.25) is 0 Å². The zero-order chi connectivity index (χ0) is 12.4. The fourth-order valence-electron chi connectivity index (χ4n) is 1.40. The Balaban J connectivity index is 2.35. The highest BCUT2D eigenvalue weighted by atomic mass is 79.9. The first-order valence-electron chi connectivity index (χ1n) is 4.80. The Hall–Kier alpha value is -1.69. The smallest absolute Gasteiger partial charge is 0.296 e. The number of nitrogens with one attached hydrogen (secondary N) is 1. The van der Waals surface area contributed by atoms with Crippen LogP contribution in [-0.2, 0) is 6.54 Å². The van der Waals surface area contributed by atoms with Crippen molar-refractivity contribution >= 4 is 15.9 Å². The lowest BCUT2D eigenvalue weighted by Gasteiger charge is -2.05. The van der Waals surface area contributed by atoms with E-state index in [1.807, 2.05) is 0 Å². The molecular weight excluding hydrogens is 291 g/mol. The number of hydrogen-bond donors (Lipinski definition) is 1. The molecule has 0 radical (unpaired) electrons. The molecular formula is C11H8BrFN2O2. The van der Waals surface area contributed by atoms with E-state index in [4.69, 9.17) is 0 Å². The fourth-order valence-corrected chi connectivity index (χ4v) is 1.65. The molecule has 0 spiro atoms. The highest BCUT2D eigenvalue weighted by molar-refractivity contribution is 9.10. The minimum Gasteiger partial charge on any atom is -0.296 e. The first-order chi connectivity index (χ1) is 8.06. The molecule has 2 aromatic rings. The van der Waals surface area contributed by atoms with E-state index in [0.717, 1.165) is 0 Å². The molecule has 1 N–H and O–H groups in total. The van der Waals surface area contributed by atoms with E-state index in [9.17, 15) is 14.0 Å². The number of H-pyrrole nitrogens is 1. The number of aromatic nitrogens is 2. The van der Waals surface area contributed by atoms with Crippen molar-refractivity contribution in [2.45, 2.75) is 6.54 Å². The van der Waals surface area contributed by atoms with Crippen LogP contribution in [-0.4, -0.2) is 9.55 Å². The van der Waals surface area contributed by atoms with Crippen molar-refractivity contribution in [2.75, 3.05) is 0 Å². The van der Waals surface area contributed by atoms with E-state index in [1.54, 1.807) is 12.1 Å². The van der Waals surface area contributed by atoms with Crippen LogP contribution in [0.4, 0.5) is 4.39 Å². The zero-order valence-electron chi connectivity index (χ0n) is 8.61. The summed E-state index contributed by atoms with van der Waals surface area (Å²) in [4.78, 5) is 24.4. The molecule has 0 bridgehead atoms. The van der Waals surface area contributed by atoms with E-state index >= 15 is 0 Å². The van der Waals surface area contributed by atoms with Gasteiger partial charge in [-0.3, -0.25) is 14.3 Å². The molecule has 0 amide bonds. The van der Waals surface area contributed by atoms with Gasteiger partial charge in [0, 0.05) is 12.3 Å². The molecule has 0 aliphatic carbocycles. The van der Waals surface area contributed by atoms with Crippen LogP contribution in [0.15, 0.2) is 44.5 Å². The van der Waals surface area contributed by atoms with Gasteiger partial charge in [0.05, 0.1) is 11.0 Å². The van der Waals surface area contributed by atoms with Crippen LogP contribution in [0.3, 0.4) is 0 Å². The second-order valence-electron chi connectivity index (χ2n) is 3.49. The lowest BCUT2D eigenvalue weighted by molar-refractivity contribution is 0.615. The van der Waals surface area contributed by atoms with Crippen LogP contribution in [0.5, 0.6) is 0 Å². The van der Waals surface area contributed by atoms with E-state index in [1.165, 1.54) is 22.9 Å². The molecule has 1 aromatic heterocycles. The topological polar surface area (TPSA) is 54.9 Å². The van der Waals surface area contributed by atoms with Gasteiger partial charge in [-0.15, -0.1) is 0 Å². The molecule has 0 aliphatic heterocycles. The fraction of sp³-hybridized carbons (Fsp3) is 0.0909. The summed E-state index contributed by atoms with van der Waals surface area (Å²) in [6, 6.07) is 5.85. The van der Waals surface area contributed by atoms with Crippen molar-refractivity contribution in [1.82, 2.24) is 9.55 Å². The first-order valence-corrected chi connectivity index (χ1v) is 5.59. The predicted octanol–water partition coefficient (Wildman–Crippen LogP) is 1.49. The zero-order valence-corrected chi connectivity index (χ0v) is 10.2. The molecule has 17 heavy (non-hydrogen) atoms. The summed E-state index contributed by atoms with van der Waals surface area (Å²) in [7, 11) is 0. The van der Waals surface area contributed by atoms with E-state index in [-0.39, 0.29) is 12.4 Å². The highest BCUT2D eigenvalue weighted by Gasteiger charge is 2.02. The monoisotopic (exact) mass is 298 g/mol. The van der Waals surface area contributed by atoms with Gasteiger partial charge in [-0.1, -0.05) is 6.07 Å². The average molecular weight is 299 g/mol. The molecule has 0 saturated carbocycles. The van der Waals surface area contributed by atoms with Gasteiger partial charge in [0.1, 0.15) is 5.82 Å². The van der Waals surface area contributed by atoms with E-state index < -0.39 is 11.2 Å². The maximum Gasteiger partial charge on any atom is 0.328 e. The van der Waals surface area contributed by atoms with Gasteiger partial charge < -0.3 is 0 Å². The summed E-state index contributed by atoms with van der Waals surface area (Å²) in [5.74, 6) is -0.389. The second kappa shape index (κ2) is 4.67. The number of aromatic amines is 1. The number of nitrogens with zero attached hydrogens (tertiary/aromatic N) is 1. The number of halogens is 2. The molecule has 0 fully saturated rings. The third kappa shape index (κ3) is 2.71. The largest absolute Gasteiger partial charge is 0.328 e. The van der Waals surface area contributed by atoms with Crippen molar-refractivity contribution in [3.63, 3.8) is 0 Å². The SMILES string of the molecule is O=c1ccn(Cc2ccc(Br)c(F)c2)c(=O)[nH]1. The normalized spacial score (nSPS) is 10.5. The second-order valence-corrected chi connectivity index (χ2v) is 4.34. The predicted molar refractivity (Wildman–Crippen MR) is 64.5 cm³/mol.